The summed E-state index contributed by atoms with van der Waals surface area (Å²) in [6.07, 6.45) is 5.36. The summed E-state index contributed by atoms with van der Waals surface area (Å²) in [4.78, 5) is 0. The van der Waals surface area contributed by atoms with E-state index in [-0.39, 0.29) is 5.41 Å². The third kappa shape index (κ3) is 4.14. The van der Waals surface area contributed by atoms with Gasteiger partial charge < -0.3 is 11.1 Å². The SMILES string of the molecule is CCNc1ccc(/C=C/CC(C)(C)c2ccccc2N)cc1. The summed E-state index contributed by atoms with van der Waals surface area (Å²) in [7, 11) is 0. The Hall–Kier alpha value is -2.22. The van der Waals surface area contributed by atoms with Crippen LogP contribution in [0.3, 0.4) is 0 Å². The van der Waals surface area contributed by atoms with Gasteiger partial charge in [-0.25, -0.2) is 0 Å². The lowest BCUT2D eigenvalue weighted by Gasteiger charge is -2.25. The highest BCUT2D eigenvalue weighted by atomic mass is 14.8. The zero-order valence-corrected chi connectivity index (χ0v) is 13.8. The highest BCUT2D eigenvalue weighted by Crippen LogP contribution is 2.31. The summed E-state index contributed by atoms with van der Waals surface area (Å²) in [5.74, 6) is 0. The van der Waals surface area contributed by atoms with Gasteiger partial charge in [0.05, 0.1) is 0 Å². The molecule has 0 fully saturated rings. The molecule has 116 valence electrons. The van der Waals surface area contributed by atoms with Crippen LogP contribution in [-0.2, 0) is 5.41 Å². The van der Waals surface area contributed by atoms with Crippen molar-refractivity contribution in [2.24, 2.45) is 0 Å². The summed E-state index contributed by atoms with van der Waals surface area (Å²) in [5.41, 5.74) is 10.6. The maximum Gasteiger partial charge on any atom is 0.0352 e. The molecule has 2 heteroatoms. The van der Waals surface area contributed by atoms with Gasteiger partial charge in [0.25, 0.3) is 0 Å². The van der Waals surface area contributed by atoms with Crippen molar-refractivity contribution in [2.45, 2.75) is 32.6 Å². The number of allylic oxidation sites excluding steroid dienone is 1. The molecule has 0 aromatic heterocycles. The number of nitrogens with two attached hydrogens (primary N) is 1. The lowest BCUT2D eigenvalue weighted by atomic mass is 9.80. The van der Waals surface area contributed by atoms with E-state index in [9.17, 15) is 0 Å². The van der Waals surface area contributed by atoms with Gasteiger partial charge in [-0.1, -0.05) is 56.3 Å². The van der Waals surface area contributed by atoms with Gasteiger partial charge in [0.15, 0.2) is 0 Å². The van der Waals surface area contributed by atoms with E-state index in [2.05, 4.69) is 74.6 Å². The van der Waals surface area contributed by atoms with Crippen molar-refractivity contribution < 1.29 is 0 Å². The van der Waals surface area contributed by atoms with E-state index in [0.717, 1.165) is 24.3 Å². The second-order valence-electron chi connectivity index (χ2n) is 6.23. The Bertz CT molecular complexity index is 624. The Morgan fingerprint density at radius 2 is 1.73 bits per heavy atom. The van der Waals surface area contributed by atoms with Crippen LogP contribution in [0, 0.1) is 0 Å². The summed E-state index contributed by atoms with van der Waals surface area (Å²) in [6.45, 7) is 7.52. The molecule has 0 aliphatic heterocycles. The van der Waals surface area contributed by atoms with Crippen LogP contribution in [0.15, 0.2) is 54.6 Å². The molecule has 2 nitrogen and oxygen atoms in total. The first kappa shape index (κ1) is 16.2. The van der Waals surface area contributed by atoms with Gasteiger partial charge in [0, 0.05) is 17.9 Å². The highest BCUT2D eigenvalue weighted by Gasteiger charge is 2.20. The van der Waals surface area contributed by atoms with Crippen LogP contribution >= 0.6 is 0 Å². The average molecular weight is 294 g/mol. The van der Waals surface area contributed by atoms with Gasteiger partial charge in [-0.2, -0.15) is 0 Å². The zero-order chi connectivity index (χ0) is 16.0. The minimum Gasteiger partial charge on any atom is -0.398 e. The smallest absolute Gasteiger partial charge is 0.0352 e. The molecule has 2 aromatic carbocycles. The molecule has 0 radical (unpaired) electrons. The van der Waals surface area contributed by atoms with Gasteiger partial charge in [-0.05, 0) is 48.1 Å². The minimum atomic E-state index is 0.0333. The fourth-order valence-corrected chi connectivity index (χ4v) is 2.63. The quantitative estimate of drug-likeness (QED) is 0.729. The van der Waals surface area contributed by atoms with E-state index in [0.29, 0.717) is 0 Å². The number of para-hydroxylation sites is 1. The van der Waals surface area contributed by atoms with E-state index in [1.807, 2.05) is 12.1 Å². The topological polar surface area (TPSA) is 38.0 Å². The number of nitrogens with one attached hydrogen (secondary N) is 1. The summed E-state index contributed by atoms with van der Waals surface area (Å²) in [6, 6.07) is 16.6. The molecule has 0 amide bonds. The number of rotatable bonds is 6. The maximum absolute atomic E-state index is 6.10. The zero-order valence-electron chi connectivity index (χ0n) is 13.8. The number of hydrogen-bond acceptors (Lipinski definition) is 2. The van der Waals surface area contributed by atoms with Gasteiger partial charge in [-0.3, -0.25) is 0 Å². The van der Waals surface area contributed by atoms with E-state index in [1.54, 1.807) is 0 Å². The Kier molecular flexibility index (Phi) is 5.26. The number of benzene rings is 2. The van der Waals surface area contributed by atoms with Crippen LogP contribution in [0.1, 0.15) is 38.3 Å². The third-order valence-corrected chi connectivity index (χ3v) is 3.92. The molecule has 0 spiro atoms. The van der Waals surface area contributed by atoms with Crippen LogP contribution in [0.5, 0.6) is 0 Å². The molecular formula is C20H26N2. The molecule has 3 N–H and O–H groups in total. The van der Waals surface area contributed by atoms with Gasteiger partial charge >= 0.3 is 0 Å². The second kappa shape index (κ2) is 7.17. The third-order valence-electron chi connectivity index (χ3n) is 3.92. The average Bonchev–Trinajstić information content (AvgIpc) is 2.49. The Balaban J connectivity index is 2.03. The maximum atomic E-state index is 6.10. The normalized spacial score (nSPS) is 11.8. The van der Waals surface area contributed by atoms with E-state index >= 15 is 0 Å². The molecule has 2 aromatic rings. The van der Waals surface area contributed by atoms with Gasteiger partial charge in [-0.15, -0.1) is 0 Å². The molecular weight excluding hydrogens is 268 g/mol. The number of hydrogen-bond donors (Lipinski definition) is 2. The largest absolute Gasteiger partial charge is 0.398 e. The van der Waals surface area contributed by atoms with Crippen LogP contribution in [0.25, 0.3) is 6.08 Å². The van der Waals surface area contributed by atoms with E-state index in [1.165, 1.54) is 11.1 Å². The first-order chi connectivity index (χ1) is 10.5. The molecule has 0 unspecified atom stereocenters. The molecule has 0 aliphatic carbocycles. The summed E-state index contributed by atoms with van der Waals surface area (Å²) in [5, 5.41) is 3.30. The lowest BCUT2D eigenvalue weighted by Crippen LogP contribution is -2.17. The minimum absolute atomic E-state index is 0.0333. The highest BCUT2D eigenvalue weighted by molar-refractivity contribution is 5.56. The number of nitrogen functional groups attached to an aromatic ring is 1. The van der Waals surface area contributed by atoms with Crippen LogP contribution in [0.4, 0.5) is 11.4 Å². The summed E-state index contributed by atoms with van der Waals surface area (Å²) >= 11 is 0. The predicted octanol–water partition coefficient (Wildman–Crippen LogP) is 5.08. The van der Waals surface area contributed by atoms with Crippen molar-refractivity contribution in [1.82, 2.24) is 0 Å². The molecule has 0 saturated carbocycles. The fourth-order valence-electron chi connectivity index (χ4n) is 2.63. The van der Waals surface area contributed by atoms with Crippen molar-refractivity contribution in [3.05, 3.63) is 65.7 Å². The van der Waals surface area contributed by atoms with Crippen molar-refractivity contribution >= 4 is 17.5 Å². The summed E-state index contributed by atoms with van der Waals surface area (Å²) < 4.78 is 0. The Labute approximate surface area is 134 Å². The van der Waals surface area contributed by atoms with Crippen LogP contribution in [-0.4, -0.2) is 6.54 Å². The first-order valence-corrected chi connectivity index (χ1v) is 7.88. The molecule has 2 rings (SSSR count). The lowest BCUT2D eigenvalue weighted by molar-refractivity contribution is 0.537. The monoisotopic (exact) mass is 294 g/mol. The van der Waals surface area contributed by atoms with Gasteiger partial charge in [0.2, 0.25) is 0 Å². The Morgan fingerprint density at radius 1 is 1.05 bits per heavy atom. The Morgan fingerprint density at radius 3 is 2.36 bits per heavy atom. The van der Waals surface area contributed by atoms with Crippen molar-refractivity contribution in [1.29, 1.82) is 0 Å². The van der Waals surface area contributed by atoms with Crippen molar-refractivity contribution in [2.75, 3.05) is 17.6 Å². The van der Waals surface area contributed by atoms with E-state index in [4.69, 9.17) is 5.73 Å². The van der Waals surface area contributed by atoms with Crippen LogP contribution in [0.2, 0.25) is 0 Å². The number of anilines is 2. The first-order valence-electron chi connectivity index (χ1n) is 7.88. The van der Waals surface area contributed by atoms with E-state index < -0.39 is 0 Å². The fraction of sp³-hybridized carbons (Fsp3) is 0.300. The molecule has 22 heavy (non-hydrogen) atoms. The second-order valence-corrected chi connectivity index (χ2v) is 6.23. The van der Waals surface area contributed by atoms with Crippen molar-refractivity contribution in [3.8, 4) is 0 Å². The predicted molar refractivity (Wildman–Crippen MR) is 98.1 cm³/mol. The molecule has 0 saturated heterocycles. The molecule has 0 bridgehead atoms. The molecule has 0 atom stereocenters. The molecule has 0 aliphatic rings. The van der Waals surface area contributed by atoms with Crippen molar-refractivity contribution in [3.63, 3.8) is 0 Å². The molecule has 0 heterocycles. The van der Waals surface area contributed by atoms with Gasteiger partial charge in [0.1, 0.15) is 0 Å². The van der Waals surface area contributed by atoms with Crippen LogP contribution < -0.4 is 11.1 Å². The standard InChI is InChI=1S/C20H26N2/c1-4-22-17-13-11-16(12-14-17)8-7-15-20(2,3)18-9-5-6-10-19(18)21/h5-14,22H,4,15,21H2,1-3H3/b8-7+.